The van der Waals surface area contributed by atoms with E-state index in [9.17, 15) is 26.7 Å². The zero-order valence-electron chi connectivity index (χ0n) is 12.2. The van der Waals surface area contributed by atoms with E-state index in [-0.39, 0.29) is 18.7 Å². The second-order valence-electron chi connectivity index (χ2n) is 5.61. The van der Waals surface area contributed by atoms with Gasteiger partial charge in [-0.05, 0) is 17.7 Å². The maximum atomic E-state index is 13.4. The maximum absolute atomic E-state index is 13.4. The Morgan fingerprint density at radius 1 is 1.29 bits per heavy atom. The summed E-state index contributed by atoms with van der Waals surface area (Å²) in [6.07, 6.45) is -8.76. The molecule has 3 atom stereocenters. The number of β-amino-alcohol motifs (C(OH)–C–C–N with tert-alkyl or cyclic N) is 1. The molecule has 0 unspecified atom stereocenters. The van der Waals surface area contributed by atoms with Crippen LogP contribution in [-0.4, -0.2) is 59.2 Å². The van der Waals surface area contributed by atoms with Crippen LogP contribution >= 0.6 is 0 Å². The highest BCUT2D eigenvalue weighted by Crippen LogP contribution is 2.30. The third-order valence-electron chi connectivity index (χ3n) is 3.89. The fourth-order valence-electron chi connectivity index (χ4n) is 2.77. The highest BCUT2D eigenvalue weighted by Gasteiger charge is 2.42. The number of likely N-dealkylation sites (tertiary alicyclic amines) is 1. The summed E-state index contributed by atoms with van der Waals surface area (Å²) in [5.74, 6) is -2.88. The van der Waals surface area contributed by atoms with Gasteiger partial charge < -0.3 is 15.5 Å². The lowest BCUT2D eigenvalue weighted by Crippen LogP contribution is -2.42. The smallest absolute Gasteiger partial charge is 0.415 e. The molecule has 134 valence electrons. The molecule has 1 heterocycles. The van der Waals surface area contributed by atoms with E-state index in [0.29, 0.717) is 0 Å². The van der Waals surface area contributed by atoms with Crippen LogP contribution in [0.3, 0.4) is 0 Å². The van der Waals surface area contributed by atoms with Crippen molar-refractivity contribution in [2.24, 2.45) is 0 Å². The maximum Gasteiger partial charge on any atom is 0.415 e. The molecule has 0 saturated carbocycles. The molecule has 1 fully saturated rings. The molecule has 1 aromatic rings. The Bertz CT molecular complexity index is 611. The second-order valence-corrected chi connectivity index (χ2v) is 5.61. The number of hydrogen-bond acceptors (Lipinski definition) is 3. The highest BCUT2D eigenvalue weighted by molar-refractivity contribution is 5.65. The van der Waals surface area contributed by atoms with Crippen molar-refractivity contribution < 1.29 is 37.0 Å². The Morgan fingerprint density at radius 2 is 1.96 bits per heavy atom. The van der Waals surface area contributed by atoms with E-state index in [4.69, 9.17) is 10.2 Å². The summed E-state index contributed by atoms with van der Waals surface area (Å²) < 4.78 is 63.7. The Kier molecular flexibility index (Phi) is 5.29. The number of benzene rings is 1. The standard InChI is InChI=1S/C14H15F5N2O3/c15-9-2-1-7(3-10(9)16)8-4-21(5-11(8)20-13(23)24)6-12(22)14(17,18)19/h1-3,8,11-12,20,22H,4-6H2,(H,23,24)/t8-,11+,12+/m0/s1. The molecular formula is C14H15F5N2O3. The largest absolute Gasteiger partial charge is 0.465 e. The van der Waals surface area contributed by atoms with Crippen molar-refractivity contribution in [2.45, 2.75) is 24.2 Å². The predicted molar refractivity (Wildman–Crippen MR) is 72.5 cm³/mol. The molecule has 0 aromatic heterocycles. The molecule has 0 bridgehead atoms. The van der Waals surface area contributed by atoms with Crippen LogP contribution in [0.5, 0.6) is 0 Å². The van der Waals surface area contributed by atoms with Gasteiger partial charge in [-0.3, -0.25) is 4.90 Å². The molecule has 1 aromatic carbocycles. The number of rotatable bonds is 4. The van der Waals surface area contributed by atoms with Crippen LogP contribution in [0.2, 0.25) is 0 Å². The molecule has 3 N–H and O–H groups in total. The average Bonchev–Trinajstić information content (AvgIpc) is 2.82. The number of amides is 1. The molecule has 0 radical (unpaired) electrons. The van der Waals surface area contributed by atoms with E-state index in [0.717, 1.165) is 12.1 Å². The number of alkyl halides is 3. The first-order valence-corrected chi connectivity index (χ1v) is 6.99. The first-order chi connectivity index (χ1) is 11.1. The van der Waals surface area contributed by atoms with Crippen molar-refractivity contribution in [1.82, 2.24) is 10.2 Å². The molecule has 1 aliphatic heterocycles. The van der Waals surface area contributed by atoms with Gasteiger partial charge in [-0.1, -0.05) is 6.07 Å². The van der Waals surface area contributed by atoms with E-state index in [2.05, 4.69) is 5.32 Å². The van der Waals surface area contributed by atoms with Crippen molar-refractivity contribution in [3.63, 3.8) is 0 Å². The third-order valence-corrected chi connectivity index (χ3v) is 3.89. The Morgan fingerprint density at radius 3 is 2.50 bits per heavy atom. The molecule has 0 aliphatic carbocycles. The normalized spacial score (nSPS) is 23.2. The van der Waals surface area contributed by atoms with Gasteiger partial charge in [-0.15, -0.1) is 0 Å². The number of aliphatic hydroxyl groups excluding tert-OH is 1. The molecule has 1 amide bonds. The van der Waals surface area contributed by atoms with Gasteiger partial charge in [-0.2, -0.15) is 13.2 Å². The number of nitrogens with one attached hydrogen (secondary N) is 1. The van der Waals surface area contributed by atoms with E-state index >= 15 is 0 Å². The van der Waals surface area contributed by atoms with Crippen LogP contribution in [-0.2, 0) is 0 Å². The van der Waals surface area contributed by atoms with E-state index in [1.54, 1.807) is 0 Å². The van der Waals surface area contributed by atoms with Gasteiger partial charge in [0.05, 0.1) is 6.04 Å². The van der Waals surface area contributed by atoms with Crippen molar-refractivity contribution in [3.8, 4) is 0 Å². The summed E-state index contributed by atoms with van der Waals surface area (Å²) >= 11 is 0. The summed E-state index contributed by atoms with van der Waals surface area (Å²) in [7, 11) is 0. The van der Waals surface area contributed by atoms with Gasteiger partial charge in [0.1, 0.15) is 0 Å². The predicted octanol–water partition coefficient (Wildman–Crippen LogP) is 1.92. The molecule has 1 saturated heterocycles. The molecule has 10 heteroatoms. The minimum absolute atomic E-state index is 0.0385. The molecule has 1 aliphatic rings. The second kappa shape index (κ2) is 6.89. The zero-order chi connectivity index (χ0) is 18.1. The first kappa shape index (κ1) is 18.4. The summed E-state index contributed by atoms with van der Waals surface area (Å²) in [6.45, 7) is -0.867. The third kappa shape index (κ3) is 4.32. The van der Waals surface area contributed by atoms with Crippen LogP contribution in [0.1, 0.15) is 11.5 Å². The fraction of sp³-hybridized carbons (Fsp3) is 0.500. The van der Waals surface area contributed by atoms with Gasteiger partial charge in [-0.25, -0.2) is 13.6 Å². The van der Waals surface area contributed by atoms with Gasteiger partial charge in [0, 0.05) is 25.6 Å². The fourth-order valence-corrected chi connectivity index (χ4v) is 2.77. The molecule has 24 heavy (non-hydrogen) atoms. The summed E-state index contributed by atoms with van der Waals surface area (Å²) in [6, 6.07) is 2.20. The van der Waals surface area contributed by atoms with Crippen molar-refractivity contribution >= 4 is 6.09 Å². The molecule has 0 spiro atoms. The molecule has 2 rings (SSSR count). The van der Waals surface area contributed by atoms with E-state index in [1.807, 2.05) is 0 Å². The number of hydrogen-bond donors (Lipinski definition) is 3. The van der Waals surface area contributed by atoms with Crippen molar-refractivity contribution in [1.29, 1.82) is 0 Å². The number of nitrogens with zero attached hydrogens (tertiary/aromatic N) is 1. The summed E-state index contributed by atoms with van der Waals surface area (Å²) in [4.78, 5) is 12.1. The zero-order valence-corrected chi connectivity index (χ0v) is 12.2. The SMILES string of the molecule is O=C(O)N[C@@H]1CN(C[C@@H](O)C(F)(F)F)C[C@H]1c1ccc(F)c(F)c1. The minimum atomic E-state index is -4.80. The van der Waals surface area contributed by atoms with Gasteiger partial charge >= 0.3 is 12.3 Å². The number of aliphatic hydroxyl groups is 1. The lowest BCUT2D eigenvalue weighted by molar-refractivity contribution is -0.207. The van der Waals surface area contributed by atoms with Crippen LogP contribution in [0.15, 0.2) is 18.2 Å². The summed E-state index contributed by atoms with van der Waals surface area (Å²) in [5, 5.41) is 20.1. The van der Waals surface area contributed by atoms with Crippen LogP contribution in [0.4, 0.5) is 26.7 Å². The Hall–Kier alpha value is -1.94. The molecular weight excluding hydrogens is 339 g/mol. The van der Waals surface area contributed by atoms with Crippen LogP contribution < -0.4 is 5.32 Å². The van der Waals surface area contributed by atoms with Crippen molar-refractivity contribution in [3.05, 3.63) is 35.4 Å². The van der Waals surface area contributed by atoms with E-state index < -0.39 is 48.5 Å². The quantitative estimate of drug-likeness (QED) is 0.723. The number of halogens is 5. The number of carbonyl (C=O) groups is 1. The van der Waals surface area contributed by atoms with E-state index in [1.165, 1.54) is 11.0 Å². The van der Waals surface area contributed by atoms with Crippen LogP contribution in [0.25, 0.3) is 0 Å². The lowest BCUT2D eigenvalue weighted by atomic mass is 9.94. The Balaban J connectivity index is 2.18. The van der Waals surface area contributed by atoms with Crippen LogP contribution in [0, 0.1) is 11.6 Å². The molecule has 5 nitrogen and oxygen atoms in total. The van der Waals surface area contributed by atoms with Gasteiger partial charge in [0.15, 0.2) is 17.7 Å². The highest BCUT2D eigenvalue weighted by atomic mass is 19.4. The first-order valence-electron chi connectivity index (χ1n) is 6.99. The monoisotopic (exact) mass is 354 g/mol. The lowest BCUT2D eigenvalue weighted by Gasteiger charge is -2.21. The average molecular weight is 354 g/mol. The Labute approximate surface area is 133 Å². The topological polar surface area (TPSA) is 72.8 Å². The summed E-state index contributed by atoms with van der Waals surface area (Å²) in [5.41, 5.74) is 0.261. The number of carboxylic acid groups (broad SMARTS) is 1. The van der Waals surface area contributed by atoms with Gasteiger partial charge in [0.25, 0.3) is 0 Å². The minimum Gasteiger partial charge on any atom is -0.465 e. The van der Waals surface area contributed by atoms with Crippen molar-refractivity contribution in [2.75, 3.05) is 19.6 Å². The van der Waals surface area contributed by atoms with Gasteiger partial charge in [0.2, 0.25) is 0 Å².